The first kappa shape index (κ1) is 23.3. The third kappa shape index (κ3) is 6.31. The van der Waals surface area contributed by atoms with Crippen LogP contribution in [0.5, 0.6) is 0 Å². The molecule has 8 heteroatoms. The van der Waals surface area contributed by atoms with Crippen LogP contribution in [0.2, 0.25) is 10.0 Å². The smallest absolute Gasteiger partial charge is 0.243 e. The van der Waals surface area contributed by atoms with Crippen LogP contribution in [0.25, 0.3) is 0 Å². The number of hydrogen-bond donors (Lipinski definition) is 1. The second-order valence-electron chi connectivity index (χ2n) is 7.10. The number of aryl methyl sites for hydroxylation is 1. The first-order valence-electron chi connectivity index (χ1n) is 9.57. The zero-order valence-corrected chi connectivity index (χ0v) is 19.2. The van der Waals surface area contributed by atoms with Crippen molar-refractivity contribution in [3.8, 4) is 0 Å². The minimum Gasteiger partial charge on any atom is -0.351 e. The highest BCUT2D eigenvalue weighted by molar-refractivity contribution is 7.89. The molecule has 5 nitrogen and oxygen atoms in total. The third-order valence-electron chi connectivity index (χ3n) is 4.65. The molecule has 3 aromatic rings. The summed E-state index contributed by atoms with van der Waals surface area (Å²) in [5.41, 5.74) is 2.49. The van der Waals surface area contributed by atoms with Crippen LogP contribution in [0.15, 0.2) is 77.7 Å². The first-order valence-corrected chi connectivity index (χ1v) is 11.8. The van der Waals surface area contributed by atoms with E-state index in [2.05, 4.69) is 5.32 Å². The van der Waals surface area contributed by atoms with Crippen LogP contribution in [0.1, 0.15) is 16.7 Å². The molecule has 0 aliphatic rings. The molecule has 0 bridgehead atoms. The fraction of sp³-hybridized carbons (Fsp3) is 0.174. The number of nitrogens with one attached hydrogen (secondary N) is 1. The van der Waals surface area contributed by atoms with Gasteiger partial charge in [0.2, 0.25) is 15.9 Å². The van der Waals surface area contributed by atoms with Crippen molar-refractivity contribution in [1.29, 1.82) is 0 Å². The Morgan fingerprint density at radius 3 is 2.23 bits per heavy atom. The van der Waals surface area contributed by atoms with Gasteiger partial charge in [0, 0.05) is 13.1 Å². The number of amides is 1. The summed E-state index contributed by atoms with van der Waals surface area (Å²) in [6.07, 6.45) is 0. The minimum atomic E-state index is -3.92. The van der Waals surface area contributed by atoms with Crippen LogP contribution in [-0.2, 0) is 27.9 Å². The molecule has 0 aliphatic heterocycles. The fourth-order valence-electron chi connectivity index (χ4n) is 2.94. The van der Waals surface area contributed by atoms with Gasteiger partial charge in [-0.05, 0) is 42.3 Å². The Balaban J connectivity index is 1.83. The summed E-state index contributed by atoms with van der Waals surface area (Å²) in [6.45, 7) is 1.83. The highest BCUT2D eigenvalue weighted by atomic mass is 35.5. The Hall–Kier alpha value is -2.38. The topological polar surface area (TPSA) is 66.5 Å². The molecule has 0 fully saturated rings. The Labute approximate surface area is 192 Å². The lowest BCUT2D eigenvalue weighted by Crippen LogP contribution is -2.40. The number of carbonyl (C=O) groups is 1. The molecule has 1 amide bonds. The number of halogens is 2. The second kappa shape index (κ2) is 10.3. The number of carbonyl (C=O) groups excluding carboxylic acids is 1. The first-order chi connectivity index (χ1) is 14.8. The van der Waals surface area contributed by atoms with Crippen molar-refractivity contribution in [2.24, 2.45) is 0 Å². The Morgan fingerprint density at radius 2 is 1.58 bits per heavy atom. The standard InChI is InChI=1S/C23H22Cl2N2O3S/c1-17-7-10-20(11-8-17)31(29,30)27(15-19-9-12-21(24)22(25)13-19)16-23(28)26-14-18-5-3-2-4-6-18/h2-13H,14-16H2,1H3,(H,26,28). The molecule has 31 heavy (non-hydrogen) atoms. The number of sulfonamides is 1. The number of nitrogens with zero attached hydrogens (tertiary/aromatic N) is 1. The second-order valence-corrected chi connectivity index (χ2v) is 9.85. The van der Waals surface area contributed by atoms with E-state index in [0.717, 1.165) is 15.4 Å². The van der Waals surface area contributed by atoms with Gasteiger partial charge < -0.3 is 5.32 Å². The van der Waals surface area contributed by atoms with Crippen LogP contribution in [0.3, 0.4) is 0 Å². The van der Waals surface area contributed by atoms with Gasteiger partial charge >= 0.3 is 0 Å². The van der Waals surface area contributed by atoms with E-state index >= 15 is 0 Å². The molecule has 0 heterocycles. The molecule has 0 spiro atoms. The number of rotatable bonds is 8. The molecule has 0 aromatic heterocycles. The molecule has 1 N–H and O–H groups in total. The van der Waals surface area contributed by atoms with Gasteiger partial charge in [0.15, 0.2) is 0 Å². The maximum Gasteiger partial charge on any atom is 0.243 e. The molecular formula is C23H22Cl2N2O3S. The highest BCUT2D eigenvalue weighted by Crippen LogP contribution is 2.25. The average Bonchev–Trinajstić information content (AvgIpc) is 2.75. The summed E-state index contributed by atoms with van der Waals surface area (Å²) in [7, 11) is -3.92. The summed E-state index contributed by atoms with van der Waals surface area (Å²) in [5.74, 6) is -0.403. The van der Waals surface area contributed by atoms with Crippen LogP contribution in [-0.4, -0.2) is 25.2 Å². The molecule has 0 atom stereocenters. The molecule has 3 rings (SSSR count). The summed E-state index contributed by atoms with van der Waals surface area (Å²) in [6, 6.07) is 20.8. The molecule has 0 unspecified atom stereocenters. The summed E-state index contributed by atoms with van der Waals surface area (Å²) < 4.78 is 27.7. The van der Waals surface area contributed by atoms with E-state index in [-0.39, 0.29) is 18.0 Å². The van der Waals surface area contributed by atoms with Gasteiger partial charge in [-0.2, -0.15) is 4.31 Å². The zero-order chi connectivity index (χ0) is 22.4. The van der Waals surface area contributed by atoms with Crippen molar-refractivity contribution in [1.82, 2.24) is 9.62 Å². The van der Waals surface area contributed by atoms with E-state index < -0.39 is 15.9 Å². The van der Waals surface area contributed by atoms with Gasteiger partial charge in [-0.15, -0.1) is 0 Å². The highest BCUT2D eigenvalue weighted by Gasteiger charge is 2.27. The summed E-state index contributed by atoms with van der Waals surface area (Å²) >= 11 is 12.1. The third-order valence-corrected chi connectivity index (χ3v) is 7.20. The Kier molecular flexibility index (Phi) is 7.73. The van der Waals surface area contributed by atoms with Gasteiger partial charge in [-0.25, -0.2) is 8.42 Å². The van der Waals surface area contributed by atoms with Crippen molar-refractivity contribution in [2.45, 2.75) is 24.9 Å². The van der Waals surface area contributed by atoms with Gasteiger partial charge in [0.1, 0.15) is 0 Å². The molecule has 0 saturated heterocycles. The van der Waals surface area contributed by atoms with Crippen molar-refractivity contribution in [3.05, 3.63) is 99.5 Å². The monoisotopic (exact) mass is 476 g/mol. The lowest BCUT2D eigenvalue weighted by molar-refractivity contribution is -0.121. The predicted octanol–water partition coefficient (Wildman–Crippen LogP) is 4.81. The molecular weight excluding hydrogens is 455 g/mol. The van der Waals surface area contributed by atoms with Crippen LogP contribution >= 0.6 is 23.2 Å². The fourth-order valence-corrected chi connectivity index (χ4v) is 4.64. The molecule has 0 aliphatic carbocycles. The predicted molar refractivity (Wildman–Crippen MR) is 124 cm³/mol. The van der Waals surface area contributed by atoms with Crippen LogP contribution < -0.4 is 5.32 Å². The van der Waals surface area contributed by atoms with Crippen LogP contribution in [0, 0.1) is 6.92 Å². The number of hydrogen-bond acceptors (Lipinski definition) is 3. The quantitative estimate of drug-likeness (QED) is 0.507. The molecule has 0 saturated carbocycles. The van der Waals surface area contributed by atoms with E-state index in [1.165, 1.54) is 12.1 Å². The zero-order valence-electron chi connectivity index (χ0n) is 16.9. The molecule has 162 valence electrons. The van der Waals surface area contributed by atoms with Crippen molar-refractivity contribution >= 4 is 39.1 Å². The van der Waals surface area contributed by atoms with Crippen molar-refractivity contribution in [2.75, 3.05) is 6.54 Å². The summed E-state index contributed by atoms with van der Waals surface area (Å²) in [4.78, 5) is 12.7. The van der Waals surface area contributed by atoms with Gasteiger partial charge in [0.05, 0.1) is 21.5 Å². The SMILES string of the molecule is Cc1ccc(S(=O)(=O)N(CC(=O)NCc2ccccc2)Cc2ccc(Cl)c(Cl)c2)cc1. The van der Waals surface area contributed by atoms with E-state index in [1.54, 1.807) is 30.3 Å². The van der Waals surface area contributed by atoms with E-state index in [9.17, 15) is 13.2 Å². The summed E-state index contributed by atoms with van der Waals surface area (Å²) in [5, 5.41) is 3.47. The minimum absolute atomic E-state index is 0.0220. The molecule has 3 aromatic carbocycles. The van der Waals surface area contributed by atoms with E-state index in [4.69, 9.17) is 23.2 Å². The van der Waals surface area contributed by atoms with Gasteiger partial charge in [0.25, 0.3) is 0 Å². The molecule has 0 radical (unpaired) electrons. The van der Waals surface area contributed by atoms with E-state index in [0.29, 0.717) is 22.2 Å². The maximum atomic E-state index is 13.3. The van der Waals surface area contributed by atoms with E-state index in [1.807, 2.05) is 37.3 Å². The average molecular weight is 477 g/mol. The lowest BCUT2D eigenvalue weighted by atomic mass is 10.2. The van der Waals surface area contributed by atoms with Crippen molar-refractivity contribution < 1.29 is 13.2 Å². The normalized spacial score (nSPS) is 11.5. The number of benzene rings is 3. The van der Waals surface area contributed by atoms with Crippen LogP contribution in [0.4, 0.5) is 0 Å². The van der Waals surface area contributed by atoms with Crippen molar-refractivity contribution in [3.63, 3.8) is 0 Å². The van der Waals surface area contributed by atoms with Gasteiger partial charge in [-0.1, -0.05) is 77.3 Å². The Bertz CT molecular complexity index is 1150. The van der Waals surface area contributed by atoms with Gasteiger partial charge in [-0.3, -0.25) is 4.79 Å². The Morgan fingerprint density at radius 1 is 0.903 bits per heavy atom. The maximum absolute atomic E-state index is 13.3. The largest absolute Gasteiger partial charge is 0.351 e. The lowest BCUT2D eigenvalue weighted by Gasteiger charge is -2.22.